The first-order chi connectivity index (χ1) is 24.9. The molecular formula is C39H64O14. The van der Waals surface area contributed by atoms with Crippen LogP contribution in [-0.4, -0.2) is 145 Å². The van der Waals surface area contributed by atoms with Crippen molar-refractivity contribution in [3.05, 3.63) is 11.6 Å². The van der Waals surface area contributed by atoms with Crippen LogP contribution in [0.5, 0.6) is 0 Å². The van der Waals surface area contributed by atoms with Gasteiger partial charge in [-0.2, -0.15) is 0 Å². The van der Waals surface area contributed by atoms with Gasteiger partial charge in [0.1, 0.15) is 42.7 Å². The van der Waals surface area contributed by atoms with Crippen LogP contribution >= 0.6 is 0 Å². The molecule has 3 saturated carbocycles. The van der Waals surface area contributed by atoms with Crippen LogP contribution in [0.4, 0.5) is 0 Å². The molecule has 304 valence electrons. The van der Waals surface area contributed by atoms with Gasteiger partial charge in [0.25, 0.3) is 0 Å². The second kappa shape index (κ2) is 14.8. The molecular weight excluding hydrogens is 692 g/mol. The first kappa shape index (κ1) is 40.4. The maximum Gasteiger partial charge on any atom is 0.187 e. The largest absolute Gasteiger partial charge is 0.394 e. The van der Waals surface area contributed by atoms with E-state index in [1.54, 1.807) is 6.92 Å². The SMILES string of the molecule is C[C@H](CC[C@@]1(O)O[C@H]2C[C@H]3[C@@H]4CC=C5C[C@@H](O)C[C@@H](O[C@@H]6O[C@H](CO)[C@H](O)[C@H](O)[C@H]6O)[C@]5(C)[C@H]4CC[C@]3(C)[C@H]2[C@@H]1C)CO[C@@H]1O[C@@H](C)[C@H](O)[C@@H](O)[C@H]1O. The summed E-state index contributed by atoms with van der Waals surface area (Å²) in [4.78, 5) is 0. The van der Waals surface area contributed by atoms with Crippen molar-refractivity contribution in [3.8, 4) is 0 Å². The number of hydrogen-bond acceptors (Lipinski definition) is 14. The summed E-state index contributed by atoms with van der Waals surface area (Å²) in [6.07, 6.45) is -6.10. The molecule has 0 amide bonds. The molecule has 9 N–H and O–H groups in total. The molecule has 7 rings (SSSR count). The number of ether oxygens (including phenoxy) is 5. The Balaban J connectivity index is 1.01. The Morgan fingerprint density at radius 2 is 1.58 bits per heavy atom. The average Bonchev–Trinajstić information content (AvgIpc) is 3.56. The second-order valence-corrected chi connectivity index (χ2v) is 18.3. The van der Waals surface area contributed by atoms with Crippen LogP contribution in [0.2, 0.25) is 0 Å². The van der Waals surface area contributed by atoms with Crippen molar-refractivity contribution in [1.29, 1.82) is 0 Å². The number of rotatable bonds is 9. The van der Waals surface area contributed by atoms with E-state index in [1.807, 2.05) is 6.92 Å². The number of aliphatic hydroxyl groups is 9. The van der Waals surface area contributed by atoms with Crippen molar-refractivity contribution in [2.45, 2.75) is 171 Å². The van der Waals surface area contributed by atoms with E-state index in [1.165, 1.54) is 0 Å². The molecule has 14 heteroatoms. The second-order valence-electron chi connectivity index (χ2n) is 18.3. The molecule has 0 spiro atoms. The average molecular weight is 757 g/mol. The molecule has 3 saturated heterocycles. The minimum Gasteiger partial charge on any atom is -0.394 e. The van der Waals surface area contributed by atoms with E-state index in [-0.39, 0.29) is 41.8 Å². The van der Waals surface area contributed by atoms with Gasteiger partial charge >= 0.3 is 0 Å². The highest BCUT2D eigenvalue weighted by Crippen LogP contribution is 2.70. The summed E-state index contributed by atoms with van der Waals surface area (Å²) in [6, 6.07) is 0. The van der Waals surface area contributed by atoms with E-state index < -0.39 is 91.4 Å². The Labute approximate surface area is 312 Å². The summed E-state index contributed by atoms with van der Waals surface area (Å²) >= 11 is 0. The predicted molar refractivity (Wildman–Crippen MR) is 186 cm³/mol. The van der Waals surface area contributed by atoms with Crippen LogP contribution in [0.3, 0.4) is 0 Å². The Morgan fingerprint density at radius 1 is 0.887 bits per heavy atom. The van der Waals surface area contributed by atoms with Crippen molar-refractivity contribution in [1.82, 2.24) is 0 Å². The van der Waals surface area contributed by atoms with Gasteiger partial charge in [-0.15, -0.1) is 0 Å². The fourth-order valence-corrected chi connectivity index (χ4v) is 12.1. The highest BCUT2D eigenvalue weighted by atomic mass is 16.7. The lowest BCUT2D eigenvalue weighted by atomic mass is 9.46. The third kappa shape index (κ3) is 6.67. The van der Waals surface area contributed by atoms with Gasteiger partial charge in [0.05, 0.1) is 37.6 Å². The molecule has 3 aliphatic heterocycles. The highest BCUT2D eigenvalue weighted by molar-refractivity contribution is 5.28. The van der Waals surface area contributed by atoms with Crippen molar-refractivity contribution in [2.75, 3.05) is 13.2 Å². The quantitative estimate of drug-likeness (QED) is 0.145. The van der Waals surface area contributed by atoms with Crippen LogP contribution in [-0.2, 0) is 23.7 Å². The molecule has 7 aliphatic rings. The third-order valence-corrected chi connectivity index (χ3v) is 15.3. The Kier molecular flexibility index (Phi) is 11.3. The lowest BCUT2D eigenvalue weighted by Gasteiger charge is -2.60. The van der Waals surface area contributed by atoms with Crippen molar-refractivity contribution < 1.29 is 69.6 Å². The molecule has 53 heavy (non-hydrogen) atoms. The lowest BCUT2D eigenvalue weighted by Crippen LogP contribution is -2.62. The number of allylic oxidation sites excluding steroid dienone is 1. The van der Waals surface area contributed by atoms with Gasteiger partial charge in [0.15, 0.2) is 18.4 Å². The minimum absolute atomic E-state index is 0.000240. The van der Waals surface area contributed by atoms with E-state index in [0.717, 1.165) is 31.3 Å². The number of aliphatic hydroxyl groups excluding tert-OH is 8. The molecule has 0 aromatic carbocycles. The smallest absolute Gasteiger partial charge is 0.187 e. The third-order valence-electron chi connectivity index (χ3n) is 15.3. The summed E-state index contributed by atoms with van der Waals surface area (Å²) in [7, 11) is 0. The van der Waals surface area contributed by atoms with Crippen LogP contribution in [0.1, 0.15) is 86.0 Å². The lowest BCUT2D eigenvalue weighted by molar-refractivity contribution is -0.324. The Hall–Kier alpha value is -0.820. The topological polar surface area (TPSA) is 228 Å². The fourth-order valence-electron chi connectivity index (χ4n) is 12.1. The fraction of sp³-hybridized carbons (Fsp3) is 0.949. The molecule has 4 aliphatic carbocycles. The van der Waals surface area contributed by atoms with Crippen LogP contribution < -0.4 is 0 Å². The summed E-state index contributed by atoms with van der Waals surface area (Å²) in [5.74, 6) is -0.368. The van der Waals surface area contributed by atoms with Crippen molar-refractivity contribution in [3.63, 3.8) is 0 Å². The van der Waals surface area contributed by atoms with Gasteiger partial charge in [-0.1, -0.05) is 39.3 Å². The summed E-state index contributed by atoms with van der Waals surface area (Å²) < 4.78 is 30.3. The first-order valence-corrected chi connectivity index (χ1v) is 20.0. The molecule has 0 aromatic heterocycles. The van der Waals surface area contributed by atoms with Crippen LogP contribution in [0, 0.1) is 46.3 Å². The zero-order valence-electron chi connectivity index (χ0n) is 31.7. The monoisotopic (exact) mass is 756 g/mol. The molecule has 22 atom stereocenters. The standard InChI is InChI=1S/C39H64O14/c1-17(16-49-35-33(46)31(44)29(42)19(3)50-35)8-11-39(48)18(2)28-25(53-39)14-24-22-7-6-20-12-21(41)13-27(38(20,5)23(22)9-10-37(24,28)4)52-36-34(47)32(45)30(43)26(15-40)51-36/h6,17-19,21-36,40-48H,7-16H2,1-5H3/t17-,18+,19+,21-,22-,23+,24+,25+,26-,27-,28+,29+,30+,31-,32+,33-,34-,35-,36+,37+,38+,39-/m1/s1. The van der Waals surface area contributed by atoms with E-state index in [2.05, 4.69) is 26.8 Å². The van der Waals surface area contributed by atoms with E-state index in [0.29, 0.717) is 37.5 Å². The Morgan fingerprint density at radius 3 is 2.30 bits per heavy atom. The molecule has 6 fully saturated rings. The summed E-state index contributed by atoms with van der Waals surface area (Å²) in [6.45, 7) is 9.99. The first-order valence-electron chi connectivity index (χ1n) is 20.0. The van der Waals surface area contributed by atoms with Gasteiger partial charge in [0, 0.05) is 24.2 Å². The minimum atomic E-state index is -1.55. The zero-order chi connectivity index (χ0) is 38.4. The predicted octanol–water partition coefficient (Wildman–Crippen LogP) is 0.315. The van der Waals surface area contributed by atoms with Crippen LogP contribution in [0.25, 0.3) is 0 Å². The van der Waals surface area contributed by atoms with E-state index in [4.69, 9.17) is 23.7 Å². The highest BCUT2D eigenvalue weighted by Gasteiger charge is 2.68. The molecule has 3 heterocycles. The molecule has 0 aromatic rings. The van der Waals surface area contributed by atoms with Gasteiger partial charge in [-0.3, -0.25) is 0 Å². The van der Waals surface area contributed by atoms with Gasteiger partial charge < -0.3 is 69.6 Å². The normalized spacial score (nSPS) is 55.8. The van der Waals surface area contributed by atoms with Gasteiger partial charge in [-0.05, 0) is 80.5 Å². The molecule has 0 bridgehead atoms. The number of fused-ring (bicyclic) bond motifs is 7. The number of hydrogen-bond donors (Lipinski definition) is 9. The maximum atomic E-state index is 12.0. The molecule has 0 unspecified atom stereocenters. The summed E-state index contributed by atoms with van der Waals surface area (Å²) in [5, 5.41) is 94.8. The molecule has 0 radical (unpaired) electrons. The van der Waals surface area contributed by atoms with Crippen molar-refractivity contribution in [2.24, 2.45) is 46.3 Å². The van der Waals surface area contributed by atoms with Crippen LogP contribution in [0.15, 0.2) is 11.6 Å². The molecule has 14 nitrogen and oxygen atoms in total. The maximum absolute atomic E-state index is 12.0. The van der Waals surface area contributed by atoms with Gasteiger partial charge in [0.2, 0.25) is 0 Å². The zero-order valence-corrected chi connectivity index (χ0v) is 31.7. The Bertz CT molecular complexity index is 1330. The van der Waals surface area contributed by atoms with Gasteiger partial charge in [-0.25, -0.2) is 0 Å². The van der Waals surface area contributed by atoms with E-state index in [9.17, 15) is 46.0 Å². The van der Waals surface area contributed by atoms with E-state index >= 15 is 0 Å². The summed E-state index contributed by atoms with van der Waals surface area (Å²) in [5.41, 5.74) is 0.601. The van der Waals surface area contributed by atoms with Crippen molar-refractivity contribution >= 4 is 0 Å².